The first-order valence-corrected chi connectivity index (χ1v) is 3.80. The minimum absolute atomic E-state index is 0.199. The van der Waals surface area contributed by atoms with Gasteiger partial charge in [-0.15, -0.1) is 0 Å². The monoisotopic (exact) mass is 145 g/mol. The predicted molar refractivity (Wildman–Crippen MR) is 46.4 cm³/mol. The second-order valence-corrected chi connectivity index (χ2v) is 2.19. The Hall–Kier alpha value is -0.530. The van der Waals surface area contributed by atoms with Gasteiger partial charge in [0.05, 0.1) is 5.71 Å². The van der Waals surface area contributed by atoms with Crippen LogP contribution in [0.5, 0.6) is 0 Å². The van der Waals surface area contributed by atoms with Gasteiger partial charge in [-0.05, 0) is 27.7 Å². The van der Waals surface area contributed by atoms with Crippen LogP contribution in [0.25, 0.3) is 0 Å². The first-order valence-electron chi connectivity index (χ1n) is 3.80. The van der Waals surface area contributed by atoms with E-state index in [0.29, 0.717) is 0 Å². The minimum atomic E-state index is 0.199. The first kappa shape index (κ1) is 12.2. The molecule has 0 amide bonds. The number of hydrogen-bond donors (Lipinski definition) is 0. The van der Waals surface area contributed by atoms with Crippen molar-refractivity contribution >= 4 is 5.71 Å². The van der Waals surface area contributed by atoms with Crippen molar-refractivity contribution in [2.75, 3.05) is 0 Å². The Labute approximate surface area is 64.3 Å². The molecule has 2 heteroatoms. The number of oxime groups is 1. The maximum absolute atomic E-state index is 4.89. The molecule has 10 heavy (non-hydrogen) atoms. The highest BCUT2D eigenvalue weighted by Crippen LogP contribution is 1.87. The molecule has 0 aromatic rings. The molecule has 0 saturated heterocycles. The van der Waals surface area contributed by atoms with E-state index in [2.05, 4.69) is 5.16 Å². The molecular formula is C8H19NO. The van der Waals surface area contributed by atoms with E-state index in [4.69, 9.17) is 4.84 Å². The van der Waals surface area contributed by atoms with Crippen molar-refractivity contribution in [3.63, 3.8) is 0 Å². The van der Waals surface area contributed by atoms with Gasteiger partial charge in [0.25, 0.3) is 0 Å². The van der Waals surface area contributed by atoms with Gasteiger partial charge in [0.1, 0.15) is 6.10 Å². The summed E-state index contributed by atoms with van der Waals surface area (Å²) in [6.07, 6.45) is 0.199. The van der Waals surface area contributed by atoms with E-state index in [0.717, 1.165) is 5.71 Å². The summed E-state index contributed by atoms with van der Waals surface area (Å²) in [5.74, 6) is 0. The first-order chi connectivity index (χ1) is 4.63. The summed E-state index contributed by atoms with van der Waals surface area (Å²) in [5.41, 5.74) is 0.957. The van der Waals surface area contributed by atoms with Crippen molar-refractivity contribution < 1.29 is 4.84 Å². The zero-order chi connectivity index (χ0) is 8.57. The molecule has 0 rings (SSSR count). The molecule has 2 nitrogen and oxygen atoms in total. The highest BCUT2D eigenvalue weighted by molar-refractivity contribution is 5.78. The third kappa shape index (κ3) is 15.6. The van der Waals surface area contributed by atoms with E-state index in [9.17, 15) is 0 Å². The maximum atomic E-state index is 4.89. The Balaban J connectivity index is 0. The fourth-order valence-electron chi connectivity index (χ4n) is 0.211. The molecule has 0 N–H and O–H groups in total. The Morgan fingerprint density at radius 3 is 1.70 bits per heavy atom. The van der Waals surface area contributed by atoms with Crippen LogP contribution in [0.3, 0.4) is 0 Å². The third-order valence-electron chi connectivity index (χ3n) is 0.446. The average Bonchev–Trinajstić information content (AvgIpc) is 1.89. The number of hydrogen-bond acceptors (Lipinski definition) is 2. The Bertz CT molecular complexity index is 83.3. The molecule has 0 aromatic carbocycles. The molecule has 0 aliphatic carbocycles. The van der Waals surface area contributed by atoms with Crippen molar-refractivity contribution in [1.29, 1.82) is 0 Å². The van der Waals surface area contributed by atoms with Gasteiger partial charge in [0, 0.05) is 0 Å². The molecule has 0 radical (unpaired) electrons. The third-order valence-corrected chi connectivity index (χ3v) is 0.446. The molecule has 0 atom stereocenters. The molecule has 0 aliphatic rings. The van der Waals surface area contributed by atoms with Crippen molar-refractivity contribution in [2.45, 2.75) is 47.6 Å². The van der Waals surface area contributed by atoms with E-state index < -0.39 is 0 Å². The van der Waals surface area contributed by atoms with Gasteiger partial charge in [-0.25, -0.2) is 0 Å². The quantitative estimate of drug-likeness (QED) is 0.432. The normalized spacial score (nSPS) is 7.90. The number of rotatable bonds is 2. The predicted octanol–water partition coefficient (Wildman–Crippen LogP) is 2.83. The lowest BCUT2D eigenvalue weighted by Crippen LogP contribution is -1.97. The summed E-state index contributed by atoms with van der Waals surface area (Å²) in [5, 5.41) is 3.74. The largest absolute Gasteiger partial charge is 0.393 e. The summed E-state index contributed by atoms with van der Waals surface area (Å²) in [6.45, 7) is 11.7. The molecule has 0 aromatic heterocycles. The van der Waals surface area contributed by atoms with Crippen LogP contribution in [-0.4, -0.2) is 11.8 Å². The van der Waals surface area contributed by atoms with Crippen molar-refractivity contribution in [3.8, 4) is 0 Å². The van der Waals surface area contributed by atoms with E-state index >= 15 is 0 Å². The minimum Gasteiger partial charge on any atom is -0.393 e. The Morgan fingerprint density at radius 1 is 1.20 bits per heavy atom. The van der Waals surface area contributed by atoms with Gasteiger partial charge in [-0.1, -0.05) is 19.0 Å². The standard InChI is InChI=1S/C6H13NO.C2H6/c1-5(2)7-8-6(3)4;1-2/h6H,1-4H3;1-2H3. The highest BCUT2D eigenvalue weighted by Gasteiger charge is 1.86. The van der Waals surface area contributed by atoms with Crippen LogP contribution in [0, 0.1) is 0 Å². The molecule has 0 saturated carbocycles. The highest BCUT2D eigenvalue weighted by atomic mass is 16.6. The van der Waals surface area contributed by atoms with Crippen molar-refractivity contribution in [1.82, 2.24) is 0 Å². The fourth-order valence-corrected chi connectivity index (χ4v) is 0.211. The number of nitrogens with zero attached hydrogens (tertiary/aromatic N) is 1. The van der Waals surface area contributed by atoms with Crippen LogP contribution in [0.1, 0.15) is 41.5 Å². The molecule has 62 valence electrons. The topological polar surface area (TPSA) is 21.6 Å². The van der Waals surface area contributed by atoms with Gasteiger partial charge in [-0.2, -0.15) is 0 Å². The van der Waals surface area contributed by atoms with Crippen LogP contribution in [0.15, 0.2) is 5.16 Å². The Kier molecular flexibility index (Phi) is 10.3. The van der Waals surface area contributed by atoms with Crippen LogP contribution >= 0.6 is 0 Å². The molecule has 0 aliphatic heterocycles. The maximum Gasteiger partial charge on any atom is 0.122 e. The van der Waals surface area contributed by atoms with Crippen LogP contribution in [0.4, 0.5) is 0 Å². The van der Waals surface area contributed by atoms with Crippen LogP contribution in [0.2, 0.25) is 0 Å². The molecule has 0 unspecified atom stereocenters. The van der Waals surface area contributed by atoms with Crippen molar-refractivity contribution in [3.05, 3.63) is 0 Å². The fraction of sp³-hybridized carbons (Fsp3) is 0.875. The summed E-state index contributed by atoms with van der Waals surface area (Å²) >= 11 is 0. The smallest absolute Gasteiger partial charge is 0.122 e. The molecule has 0 bridgehead atoms. The average molecular weight is 145 g/mol. The van der Waals surface area contributed by atoms with E-state index in [1.807, 2.05) is 41.5 Å². The lowest BCUT2D eigenvalue weighted by Gasteiger charge is -2.00. The summed E-state index contributed by atoms with van der Waals surface area (Å²) < 4.78 is 0. The van der Waals surface area contributed by atoms with E-state index in [1.165, 1.54) is 0 Å². The molecule has 0 spiro atoms. The Morgan fingerprint density at radius 2 is 1.60 bits per heavy atom. The molecule has 0 fully saturated rings. The van der Waals surface area contributed by atoms with Gasteiger partial charge in [0.2, 0.25) is 0 Å². The second-order valence-electron chi connectivity index (χ2n) is 2.19. The second kappa shape index (κ2) is 8.47. The van der Waals surface area contributed by atoms with Gasteiger partial charge in [-0.3, -0.25) is 0 Å². The van der Waals surface area contributed by atoms with Gasteiger partial charge in [0.15, 0.2) is 0 Å². The zero-order valence-corrected chi connectivity index (χ0v) is 7.93. The van der Waals surface area contributed by atoms with E-state index in [-0.39, 0.29) is 6.10 Å². The van der Waals surface area contributed by atoms with Gasteiger partial charge >= 0.3 is 0 Å². The summed E-state index contributed by atoms with van der Waals surface area (Å²) in [4.78, 5) is 4.89. The van der Waals surface area contributed by atoms with Crippen LogP contribution in [-0.2, 0) is 4.84 Å². The van der Waals surface area contributed by atoms with E-state index in [1.54, 1.807) is 0 Å². The van der Waals surface area contributed by atoms with Gasteiger partial charge < -0.3 is 4.84 Å². The lowest BCUT2D eigenvalue weighted by molar-refractivity contribution is 0.0857. The van der Waals surface area contributed by atoms with Crippen LogP contribution < -0.4 is 0 Å². The van der Waals surface area contributed by atoms with Crippen molar-refractivity contribution in [2.24, 2.45) is 5.16 Å². The lowest BCUT2D eigenvalue weighted by atomic mass is 10.5. The molecular weight excluding hydrogens is 126 g/mol. The molecule has 0 heterocycles. The zero-order valence-electron chi connectivity index (χ0n) is 7.93. The SMILES string of the molecule is CC.CC(C)=NOC(C)C. The summed E-state index contributed by atoms with van der Waals surface area (Å²) in [6, 6.07) is 0. The summed E-state index contributed by atoms with van der Waals surface area (Å²) in [7, 11) is 0.